The van der Waals surface area contributed by atoms with Gasteiger partial charge in [-0.05, 0) is 24.3 Å². The van der Waals surface area contributed by atoms with Crippen molar-refractivity contribution in [2.75, 3.05) is 19.5 Å². The molecule has 3 aromatic rings. The maximum absolute atomic E-state index is 13.0. The molecule has 1 amide bonds. The van der Waals surface area contributed by atoms with Crippen LogP contribution in [-0.4, -0.2) is 45.7 Å². The summed E-state index contributed by atoms with van der Waals surface area (Å²) in [5.41, 5.74) is 0.885. The molecule has 0 aliphatic heterocycles. The number of amides is 1. The Hall–Kier alpha value is -3.56. The first kappa shape index (κ1) is 21.2. The average molecular weight is 419 g/mol. The molecule has 0 spiro atoms. The number of para-hydroxylation sites is 2. The van der Waals surface area contributed by atoms with Crippen LogP contribution in [0.1, 0.15) is 16.2 Å². The number of halogens is 3. The molecule has 158 valence electrons. The van der Waals surface area contributed by atoms with Crippen molar-refractivity contribution in [3.8, 4) is 5.75 Å². The third-order valence-corrected chi connectivity index (χ3v) is 4.27. The molecule has 7 nitrogen and oxygen atoms in total. The van der Waals surface area contributed by atoms with Crippen LogP contribution in [0.2, 0.25) is 0 Å². The summed E-state index contributed by atoms with van der Waals surface area (Å²) in [6.45, 7) is -1.26. The quantitative estimate of drug-likeness (QED) is 0.630. The van der Waals surface area contributed by atoms with Gasteiger partial charge < -0.3 is 19.5 Å². The van der Waals surface area contributed by atoms with Crippen LogP contribution in [0.4, 0.5) is 24.7 Å². The van der Waals surface area contributed by atoms with Gasteiger partial charge in [0.15, 0.2) is 0 Å². The van der Waals surface area contributed by atoms with Crippen LogP contribution < -0.4 is 10.1 Å². The molecule has 0 bridgehead atoms. The summed E-state index contributed by atoms with van der Waals surface area (Å²) in [7, 11) is 3.02. The van der Waals surface area contributed by atoms with E-state index in [9.17, 15) is 18.0 Å². The van der Waals surface area contributed by atoms with Crippen LogP contribution in [0.15, 0.2) is 55.0 Å². The Morgan fingerprint density at radius 3 is 2.67 bits per heavy atom. The molecule has 0 fully saturated rings. The first-order valence-corrected chi connectivity index (χ1v) is 8.96. The number of anilines is 2. The first-order valence-electron chi connectivity index (χ1n) is 8.96. The Labute approximate surface area is 171 Å². The summed E-state index contributed by atoms with van der Waals surface area (Å²) in [6.07, 6.45) is -0.338. The third kappa shape index (κ3) is 5.07. The predicted molar refractivity (Wildman–Crippen MR) is 105 cm³/mol. The van der Waals surface area contributed by atoms with Crippen LogP contribution in [0.3, 0.4) is 0 Å². The number of imidazole rings is 1. The molecule has 2 aromatic heterocycles. The van der Waals surface area contributed by atoms with E-state index in [-0.39, 0.29) is 17.9 Å². The Morgan fingerprint density at radius 2 is 1.93 bits per heavy atom. The largest absolute Gasteiger partial charge is 0.495 e. The van der Waals surface area contributed by atoms with Crippen molar-refractivity contribution < 1.29 is 22.7 Å². The summed E-state index contributed by atoms with van der Waals surface area (Å²) in [5, 5.41) is 3.08. The molecular weight excluding hydrogens is 399 g/mol. The van der Waals surface area contributed by atoms with E-state index in [1.807, 2.05) is 12.1 Å². The van der Waals surface area contributed by atoms with E-state index >= 15 is 0 Å². The number of carbonyl (C=O) groups excluding carboxylic acids is 1. The predicted octanol–water partition coefficient (Wildman–Crippen LogP) is 3.86. The molecule has 3 rings (SSSR count). The first-order chi connectivity index (χ1) is 14.3. The number of nitrogens with one attached hydrogen (secondary N) is 1. The number of rotatable bonds is 7. The van der Waals surface area contributed by atoms with Gasteiger partial charge >= 0.3 is 6.18 Å². The monoisotopic (exact) mass is 419 g/mol. The Morgan fingerprint density at radius 1 is 1.17 bits per heavy atom. The second-order valence-electron chi connectivity index (χ2n) is 6.47. The molecule has 0 radical (unpaired) electrons. The molecular formula is C20H20F3N5O2. The van der Waals surface area contributed by atoms with Crippen LogP contribution in [0.5, 0.6) is 5.75 Å². The van der Waals surface area contributed by atoms with E-state index in [1.54, 1.807) is 24.3 Å². The van der Waals surface area contributed by atoms with Crippen LogP contribution in [0, 0.1) is 0 Å². The van der Waals surface area contributed by atoms with E-state index in [4.69, 9.17) is 4.74 Å². The van der Waals surface area contributed by atoms with Gasteiger partial charge in [0.05, 0.1) is 24.9 Å². The Balaban J connectivity index is 1.80. The van der Waals surface area contributed by atoms with Crippen molar-refractivity contribution in [1.29, 1.82) is 0 Å². The topological polar surface area (TPSA) is 72.3 Å². The van der Waals surface area contributed by atoms with Crippen molar-refractivity contribution >= 4 is 17.4 Å². The highest BCUT2D eigenvalue weighted by atomic mass is 19.4. The zero-order valence-corrected chi connectivity index (χ0v) is 16.3. The van der Waals surface area contributed by atoms with Crippen molar-refractivity contribution in [2.24, 2.45) is 0 Å². The van der Waals surface area contributed by atoms with E-state index in [0.29, 0.717) is 17.3 Å². The lowest BCUT2D eigenvalue weighted by atomic mass is 10.2. The lowest BCUT2D eigenvalue weighted by Gasteiger charge is -2.20. The van der Waals surface area contributed by atoms with E-state index in [2.05, 4.69) is 15.3 Å². The average Bonchev–Trinajstić information content (AvgIpc) is 3.13. The molecule has 0 saturated carbocycles. The highest BCUT2D eigenvalue weighted by molar-refractivity contribution is 5.99. The number of hydrogen-bond acceptors (Lipinski definition) is 5. The molecule has 0 atom stereocenters. The highest BCUT2D eigenvalue weighted by Crippen LogP contribution is 2.28. The molecule has 0 unspecified atom stereocenters. The van der Waals surface area contributed by atoms with Gasteiger partial charge in [-0.2, -0.15) is 13.2 Å². The second-order valence-corrected chi connectivity index (χ2v) is 6.47. The van der Waals surface area contributed by atoms with Gasteiger partial charge in [0, 0.05) is 25.6 Å². The van der Waals surface area contributed by atoms with Crippen molar-refractivity contribution in [3.05, 3.63) is 66.4 Å². The number of pyridine rings is 1. The minimum atomic E-state index is -4.38. The standard InChI is InChI=1S/C20H20F3N5O2/c1-27(12-17-24-10-11-28(17)13-20(21,22)23)19(29)14-6-5-9-25-18(14)26-15-7-3-4-8-16(15)30-2/h3-11H,12-13H2,1-2H3,(H,25,26). The molecule has 0 aliphatic carbocycles. The van der Waals surface area contributed by atoms with Gasteiger partial charge in [0.25, 0.3) is 5.91 Å². The fraction of sp³-hybridized carbons (Fsp3) is 0.250. The molecule has 1 N–H and O–H groups in total. The van der Waals surface area contributed by atoms with Gasteiger partial charge in [-0.25, -0.2) is 9.97 Å². The van der Waals surface area contributed by atoms with E-state index in [0.717, 1.165) is 4.57 Å². The van der Waals surface area contributed by atoms with E-state index < -0.39 is 18.6 Å². The number of ether oxygens (including phenoxy) is 1. The van der Waals surface area contributed by atoms with Gasteiger partial charge in [-0.15, -0.1) is 0 Å². The van der Waals surface area contributed by atoms with Crippen LogP contribution >= 0.6 is 0 Å². The lowest BCUT2D eigenvalue weighted by molar-refractivity contribution is -0.141. The van der Waals surface area contributed by atoms with Crippen LogP contribution in [0.25, 0.3) is 0 Å². The summed E-state index contributed by atoms with van der Waals surface area (Å²) < 4.78 is 44.5. The Bertz CT molecular complexity index is 1020. The number of benzene rings is 1. The van der Waals surface area contributed by atoms with Gasteiger partial charge in [0.1, 0.15) is 23.9 Å². The summed E-state index contributed by atoms with van der Waals surface area (Å²) in [6, 6.07) is 10.4. The molecule has 10 heteroatoms. The highest BCUT2D eigenvalue weighted by Gasteiger charge is 2.29. The number of aromatic nitrogens is 3. The SMILES string of the molecule is COc1ccccc1Nc1ncccc1C(=O)N(C)Cc1nccn1CC(F)(F)F. The smallest absolute Gasteiger partial charge is 0.406 e. The lowest BCUT2D eigenvalue weighted by Crippen LogP contribution is -2.29. The molecule has 2 heterocycles. The molecule has 30 heavy (non-hydrogen) atoms. The molecule has 0 saturated heterocycles. The number of alkyl halides is 3. The minimum absolute atomic E-state index is 0.0924. The number of methoxy groups -OCH3 is 1. The number of hydrogen-bond donors (Lipinski definition) is 1. The maximum atomic E-state index is 13.0. The van der Waals surface area contributed by atoms with Gasteiger partial charge in [-0.3, -0.25) is 4.79 Å². The fourth-order valence-electron chi connectivity index (χ4n) is 2.87. The summed E-state index contributed by atoms with van der Waals surface area (Å²) >= 11 is 0. The van der Waals surface area contributed by atoms with Crippen molar-refractivity contribution in [3.63, 3.8) is 0 Å². The van der Waals surface area contributed by atoms with Crippen molar-refractivity contribution in [2.45, 2.75) is 19.3 Å². The zero-order valence-electron chi connectivity index (χ0n) is 16.3. The normalized spacial score (nSPS) is 11.2. The van der Waals surface area contributed by atoms with Gasteiger partial charge in [-0.1, -0.05) is 12.1 Å². The third-order valence-electron chi connectivity index (χ3n) is 4.27. The van der Waals surface area contributed by atoms with Crippen LogP contribution in [-0.2, 0) is 13.1 Å². The number of carbonyl (C=O) groups is 1. The Kier molecular flexibility index (Phi) is 6.24. The molecule has 1 aromatic carbocycles. The second kappa shape index (κ2) is 8.85. The summed E-state index contributed by atoms with van der Waals surface area (Å²) in [5.74, 6) is 0.593. The number of nitrogens with zero attached hydrogens (tertiary/aromatic N) is 4. The summed E-state index contributed by atoms with van der Waals surface area (Å²) in [4.78, 5) is 22.5. The van der Waals surface area contributed by atoms with Crippen molar-refractivity contribution in [1.82, 2.24) is 19.4 Å². The zero-order chi connectivity index (χ0) is 21.7. The minimum Gasteiger partial charge on any atom is -0.495 e. The molecule has 0 aliphatic rings. The van der Waals surface area contributed by atoms with E-state index in [1.165, 1.54) is 37.6 Å². The maximum Gasteiger partial charge on any atom is 0.406 e. The van der Waals surface area contributed by atoms with Gasteiger partial charge in [0.2, 0.25) is 0 Å². The fourth-order valence-corrected chi connectivity index (χ4v) is 2.87.